The molecule has 0 bridgehead atoms. The number of aromatic nitrogens is 1. The molecule has 134 valence electrons. The molecule has 1 N–H and O–H groups in total. The minimum Gasteiger partial charge on any atom is -0.352 e. The van der Waals surface area contributed by atoms with Crippen molar-refractivity contribution in [3.63, 3.8) is 0 Å². The number of hydrogen-bond acceptors (Lipinski definition) is 4. The van der Waals surface area contributed by atoms with Gasteiger partial charge in [-0.25, -0.2) is 9.37 Å². The molecule has 2 heterocycles. The maximum Gasteiger partial charge on any atom is 0.217 e. The highest BCUT2D eigenvalue weighted by Gasteiger charge is 2.32. The summed E-state index contributed by atoms with van der Waals surface area (Å²) >= 11 is 1.66. The van der Waals surface area contributed by atoms with Crippen molar-refractivity contribution in [1.82, 2.24) is 15.2 Å². The maximum atomic E-state index is 13.2. The molecule has 0 spiro atoms. The SMILES string of the molecule is CC(=O)N[C@H]1CCCN(Cc2csc(C)n2)[C@H]1Cc1ccc(F)cc1. The Morgan fingerprint density at radius 2 is 2.16 bits per heavy atom. The second kappa shape index (κ2) is 8.06. The first-order valence-corrected chi connectivity index (χ1v) is 9.56. The molecule has 1 aromatic carbocycles. The molecular weight excluding hydrogens is 337 g/mol. The van der Waals surface area contributed by atoms with Crippen molar-refractivity contribution in [2.75, 3.05) is 6.54 Å². The van der Waals surface area contributed by atoms with E-state index in [2.05, 4.69) is 20.6 Å². The Bertz CT molecular complexity index is 716. The van der Waals surface area contributed by atoms with Crippen molar-refractivity contribution in [3.8, 4) is 0 Å². The molecule has 1 aliphatic rings. The third-order valence-electron chi connectivity index (χ3n) is 4.67. The summed E-state index contributed by atoms with van der Waals surface area (Å²) in [7, 11) is 0. The molecule has 2 aromatic rings. The average molecular weight is 361 g/mol. The second-order valence-electron chi connectivity index (χ2n) is 6.68. The lowest BCUT2D eigenvalue weighted by Gasteiger charge is -2.41. The molecule has 4 nitrogen and oxygen atoms in total. The number of nitrogens with one attached hydrogen (secondary N) is 1. The van der Waals surface area contributed by atoms with E-state index in [0.717, 1.165) is 48.6 Å². The van der Waals surface area contributed by atoms with Crippen molar-refractivity contribution in [1.29, 1.82) is 0 Å². The first kappa shape index (κ1) is 18.0. The highest BCUT2D eigenvalue weighted by atomic mass is 32.1. The summed E-state index contributed by atoms with van der Waals surface area (Å²) in [5.74, 6) is -0.221. The Hall–Kier alpha value is -1.79. The van der Waals surface area contributed by atoms with Crippen LogP contribution in [0.2, 0.25) is 0 Å². The number of aryl methyl sites for hydroxylation is 1. The van der Waals surface area contributed by atoms with Gasteiger partial charge in [0.05, 0.1) is 10.7 Å². The fourth-order valence-electron chi connectivity index (χ4n) is 3.58. The van der Waals surface area contributed by atoms with Gasteiger partial charge in [-0.1, -0.05) is 12.1 Å². The lowest BCUT2D eigenvalue weighted by molar-refractivity contribution is -0.120. The van der Waals surface area contributed by atoms with Crippen LogP contribution in [0.5, 0.6) is 0 Å². The van der Waals surface area contributed by atoms with Crippen LogP contribution in [0.15, 0.2) is 29.6 Å². The van der Waals surface area contributed by atoms with Crippen LogP contribution in [-0.4, -0.2) is 34.4 Å². The number of nitrogens with zero attached hydrogens (tertiary/aromatic N) is 2. The molecule has 1 amide bonds. The smallest absolute Gasteiger partial charge is 0.217 e. The topological polar surface area (TPSA) is 45.2 Å². The molecule has 0 radical (unpaired) electrons. The zero-order chi connectivity index (χ0) is 17.8. The Morgan fingerprint density at radius 1 is 1.40 bits per heavy atom. The summed E-state index contributed by atoms with van der Waals surface area (Å²) in [6.45, 7) is 5.35. The number of likely N-dealkylation sites (tertiary alicyclic amines) is 1. The van der Waals surface area contributed by atoms with Crippen molar-refractivity contribution in [3.05, 3.63) is 51.7 Å². The van der Waals surface area contributed by atoms with Crippen LogP contribution in [-0.2, 0) is 17.8 Å². The molecule has 2 atom stereocenters. The number of halogens is 1. The Balaban J connectivity index is 1.79. The zero-order valence-corrected chi connectivity index (χ0v) is 15.5. The van der Waals surface area contributed by atoms with Crippen LogP contribution < -0.4 is 5.32 Å². The van der Waals surface area contributed by atoms with Gasteiger partial charge < -0.3 is 5.32 Å². The minimum atomic E-state index is -0.222. The van der Waals surface area contributed by atoms with Crippen molar-refractivity contribution in [2.24, 2.45) is 0 Å². The van der Waals surface area contributed by atoms with Crippen LogP contribution in [0.3, 0.4) is 0 Å². The number of benzene rings is 1. The highest BCUT2D eigenvalue weighted by Crippen LogP contribution is 2.24. The van der Waals surface area contributed by atoms with Gasteiger partial charge in [-0.3, -0.25) is 9.69 Å². The first-order chi connectivity index (χ1) is 12.0. The highest BCUT2D eigenvalue weighted by molar-refractivity contribution is 7.09. The Kier molecular flexibility index (Phi) is 5.81. The van der Waals surface area contributed by atoms with Gasteiger partial charge in [-0.2, -0.15) is 0 Å². The van der Waals surface area contributed by atoms with Gasteiger partial charge >= 0.3 is 0 Å². The molecule has 0 saturated carbocycles. The quantitative estimate of drug-likeness (QED) is 0.889. The molecule has 0 unspecified atom stereocenters. The zero-order valence-electron chi connectivity index (χ0n) is 14.7. The lowest BCUT2D eigenvalue weighted by Crippen LogP contribution is -2.55. The number of rotatable bonds is 5. The summed E-state index contributed by atoms with van der Waals surface area (Å²) < 4.78 is 13.2. The van der Waals surface area contributed by atoms with Gasteiger partial charge in [0.15, 0.2) is 0 Å². The van der Waals surface area contributed by atoms with Crippen LogP contribution in [0.4, 0.5) is 4.39 Å². The van der Waals surface area contributed by atoms with Gasteiger partial charge in [0, 0.05) is 30.9 Å². The third kappa shape index (κ3) is 4.86. The van der Waals surface area contributed by atoms with Crippen molar-refractivity contribution < 1.29 is 9.18 Å². The van der Waals surface area contributed by atoms with E-state index < -0.39 is 0 Å². The second-order valence-corrected chi connectivity index (χ2v) is 7.74. The first-order valence-electron chi connectivity index (χ1n) is 8.68. The molecule has 25 heavy (non-hydrogen) atoms. The largest absolute Gasteiger partial charge is 0.352 e. The van der Waals surface area contributed by atoms with E-state index >= 15 is 0 Å². The summed E-state index contributed by atoms with van der Waals surface area (Å²) in [5, 5.41) is 6.29. The molecule has 1 aromatic heterocycles. The Morgan fingerprint density at radius 3 is 2.80 bits per heavy atom. The van der Waals surface area contributed by atoms with Crippen molar-refractivity contribution in [2.45, 2.75) is 51.7 Å². The van der Waals surface area contributed by atoms with E-state index in [1.807, 2.05) is 19.1 Å². The molecule has 0 aliphatic carbocycles. The van der Waals surface area contributed by atoms with Gasteiger partial charge in [-0.15, -0.1) is 11.3 Å². The molecule has 6 heteroatoms. The van der Waals surface area contributed by atoms with Crippen LogP contribution in [0, 0.1) is 12.7 Å². The maximum absolute atomic E-state index is 13.2. The van der Waals surface area contributed by atoms with Crippen LogP contribution >= 0.6 is 11.3 Å². The molecule has 3 rings (SSSR count). The minimum absolute atomic E-state index is 0.000425. The van der Waals surface area contributed by atoms with Gasteiger partial charge in [0.1, 0.15) is 5.82 Å². The molecular formula is C19H24FN3OS. The van der Waals surface area contributed by atoms with E-state index in [4.69, 9.17) is 0 Å². The fourth-order valence-corrected chi connectivity index (χ4v) is 4.18. The summed E-state index contributed by atoms with van der Waals surface area (Å²) in [4.78, 5) is 18.6. The standard InChI is InChI=1S/C19H24FN3OS/c1-13(24)21-18-4-3-9-23(11-17-12-25-14(2)22-17)19(18)10-15-5-7-16(20)8-6-15/h5-8,12,18-19H,3-4,9-11H2,1-2H3,(H,21,24)/t18-,19-/m0/s1. The number of hydrogen-bond donors (Lipinski definition) is 1. The van der Waals surface area contributed by atoms with E-state index in [0.29, 0.717) is 0 Å². The normalized spacial score (nSPS) is 21.2. The third-order valence-corrected chi connectivity index (χ3v) is 5.49. The number of piperidine rings is 1. The van der Waals surface area contributed by atoms with Crippen molar-refractivity contribution >= 4 is 17.2 Å². The summed E-state index contributed by atoms with van der Waals surface area (Å²) in [6, 6.07) is 6.96. The predicted octanol–water partition coefficient (Wildman–Crippen LogP) is 3.30. The van der Waals surface area contributed by atoms with Crippen LogP contribution in [0.25, 0.3) is 0 Å². The fraction of sp³-hybridized carbons (Fsp3) is 0.474. The van der Waals surface area contributed by atoms with Gasteiger partial charge in [-0.05, 0) is 50.4 Å². The van der Waals surface area contributed by atoms with E-state index in [1.54, 1.807) is 18.3 Å². The molecule has 1 aliphatic heterocycles. The molecule has 1 saturated heterocycles. The number of carbonyl (C=O) groups excluding carboxylic acids is 1. The lowest BCUT2D eigenvalue weighted by atomic mass is 9.90. The van der Waals surface area contributed by atoms with E-state index in [-0.39, 0.29) is 23.8 Å². The summed E-state index contributed by atoms with van der Waals surface area (Å²) in [6.07, 6.45) is 2.81. The molecule has 1 fully saturated rings. The predicted molar refractivity (Wildman–Crippen MR) is 98.0 cm³/mol. The Labute approximate surface area is 152 Å². The number of thiazole rings is 1. The van der Waals surface area contributed by atoms with Gasteiger partial charge in [0.2, 0.25) is 5.91 Å². The average Bonchev–Trinajstić information content (AvgIpc) is 2.97. The van der Waals surface area contributed by atoms with Crippen LogP contribution in [0.1, 0.15) is 36.0 Å². The van der Waals surface area contributed by atoms with E-state index in [9.17, 15) is 9.18 Å². The number of carbonyl (C=O) groups is 1. The van der Waals surface area contributed by atoms with E-state index in [1.165, 1.54) is 12.1 Å². The number of amides is 1. The summed E-state index contributed by atoms with van der Waals surface area (Å²) in [5.41, 5.74) is 2.16. The van der Waals surface area contributed by atoms with Gasteiger partial charge in [0.25, 0.3) is 0 Å². The monoisotopic (exact) mass is 361 g/mol.